The molecule has 1 amide bonds. The lowest BCUT2D eigenvalue weighted by molar-refractivity contribution is -0.117. The Bertz CT molecular complexity index is 407. The highest BCUT2D eigenvalue weighted by molar-refractivity contribution is 9.10. The summed E-state index contributed by atoms with van der Waals surface area (Å²) >= 11 is 3.28. The Hall–Kier alpha value is -0.940. The number of aryl methyl sites for hydroxylation is 1. The van der Waals surface area contributed by atoms with Gasteiger partial charge in [-0.1, -0.05) is 13.8 Å². The van der Waals surface area contributed by atoms with Gasteiger partial charge in [0.15, 0.2) is 0 Å². The quantitative estimate of drug-likeness (QED) is 0.839. The molecule has 17 heavy (non-hydrogen) atoms. The number of hydrogen-bond acceptors (Lipinski definition) is 3. The number of hydrogen-bond donors (Lipinski definition) is 2. The second kappa shape index (κ2) is 6.12. The van der Waals surface area contributed by atoms with Crippen LogP contribution in [0.25, 0.3) is 0 Å². The van der Waals surface area contributed by atoms with Crippen LogP contribution in [0.5, 0.6) is 0 Å². The van der Waals surface area contributed by atoms with Crippen molar-refractivity contribution >= 4 is 27.5 Å². The maximum atomic E-state index is 11.8. The van der Waals surface area contributed by atoms with Crippen molar-refractivity contribution in [1.82, 2.24) is 4.98 Å². The fourth-order valence-electron chi connectivity index (χ4n) is 1.50. The van der Waals surface area contributed by atoms with Gasteiger partial charge in [-0.05, 0) is 47.3 Å². The Morgan fingerprint density at radius 2 is 2.18 bits per heavy atom. The first kappa shape index (κ1) is 14.1. The molecule has 0 fully saturated rings. The van der Waals surface area contributed by atoms with E-state index in [1.54, 1.807) is 6.07 Å². The third kappa shape index (κ3) is 4.44. The van der Waals surface area contributed by atoms with Crippen LogP contribution < -0.4 is 11.1 Å². The van der Waals surface area contributed by atoms with Crippen LogP contribution in [-0.2, 0) is 4.79 Å². The van der Waals surface area contributed by atoms with Gasteiger partial charge >= 0.3 is 0 Å². The molecule has 1 atom stereocenters. The van der Waals surface area contributed by atoms with Gasteiger partial charge < -0.3 is 11.1 Å². The third-order valence-corrected chi connectivity index (χ3v) is 2.81. The molecule has 0 saturated carbocycles. The van der Waals surface area contributed by atoms with E-state index in [0.717, 1.165) is 10.3 Å². The van der Waals surface area contributed by atoms with E-state index >= 15 is 0 Å². The lowest BCUT2D eigenvalue weighted by Gasteiger charge is -2.15. The molecule has 1 aromatic heterocycles. The van der Waals surface area contributed by atoms with Crippen molar-refractivity contribution in [3.8, 4) is 0 Å². The molecule has 94 valence electrons. The van der Waals surface area contributed by atoms with Crippen LogP contribution in [0.3, 0.4) is 0 Å². The smallest absolute Gasteiger partial charge is 0.241 e. The number of carbonyl (C=O) groups is 1. The number of aromatic nitrogens is 1. The first-order valence-corrected chi connectivity index (χ1v) is 6.39. The molecule has 4 nitrogen and oxygen atoms in total. The molecule has 0 spiro atoms. The van der Waals surface area contributed by atoms with Gasteiger partial charge in [0.1, 0.15) is 4.60 Å². The number of halogens is 1. The van der Waals surface area contributed by atoms with Gasteiger partial charge in [-0.3, -0.25) is 4.79 Å². The Morgan fingerprint density at radius 1 is 1.53 bits per heavy atom. The van der Waals surface area contributed by atoms with E-state index in [-0.39, 0.29) is 5.91 Å². The number of anilines is 1. The first-order valence-electron chi connectivity index (χ1n) is 5.59. The predicted molar refractivity (Wildman–Crippen MR) is 72.7 cm³/mol. The molecule has 1 rings (SSSR count). The molecule has 1 unspecified atom stereocenters. The highest BCUT2D eigenvalue weighted by atomic mass is 79.9. The number of pyridine rings is 1. The van der Waals surface area contributed by atoms with Crippen LogP contribution in [-0.4, -0.2) is 16.9 Å². The molecule has 0 radical (unpaired) electrons. The number of carbonyl (C=O) groups excluding carboxylic acids is 1. The van der Waals surface area contributed by atoms with Crippen LogP contribution in [0.1, 0.15) is 26.0 Å². The summed E-state index contributed by atoms with van der Waals surface area (Å²) in [5, 5.41) is 2.80. The minimum atomic E-state index is -0.474. The summed E-state index contributed by atoms with van der Waals surface area (Å²) in [6, 6.07) is 3.13. The SMILES string of the molecule is Cc1nc(Br)ccc1NC(=O)C(N)CC(C)C. The predicted octanol–water partition coefficient (Wildman–Crippen LogP) is 2.46. The van der Waals surface area contributed by atoms with Gasteiger partial charge in [0, 0.05) is 0 Å². The number of rotatable bonds is 4. The number of nitrogens with zero attached hydrogens (tertiary/aromatic N) is 1. The van der Waals surface area contributed by atoms with E-state index in [0.29, 0.717) is 18.0 Å². The number of nitrogens with one attached hydrogen (secondary N) is 1. The van der Waals surface area contributed by atoms with Crippen LogP contribution in [0, 0.1) is 12.8 Å². The lowest BCUT2D eigenvalue weighted by Crippen LogP contribution is -2.36. The molecule has 0 aromatic carbocycles. The standard InChI is InChI=1S/C12H18BrN3O/c1-7(2)6-9(14)12(17)16-10-4-5-11(13)15-8(10)3/h4-5,7,9H,6,14H2,1-3H3,(H,16,17). The minimum absolute atomic E-state index is 0.161. The topological polar surface area (TPSA) is 68.0 Å². The molecule has 1 heterocycles. The van der Waals surface area contributed by atoms with E-state index in [2.05, 4.69) is 26.2 Å². The average Bonchev–Trinajstić information content (AvgIpc) is 2.21. The van der Waals surface area contributed by atoms with Gasteiger partial charge in [0.25, 0.3) is 0 Å². The summed E-state index contributed by atoms with van der Waals surface area (Å²) in [4.78, 5) is 16.0. The van der Waals surface area contributed by atoms with Crippen molar-refractivity contribution in [1.29, 1.82) is 0 Å². The summed E-state index contributed by atoms with van der Waals surface area (Å²) in [6.07, 6.45) is 0.675. The normalized spacial score (nSPS) is 12.6. The molecule has 0 aliphatic rings. The molecular formula is C12H18BrN3O. The van der Waals surface area contributed by atoms with Crippen LogP contribution in [0.4, 0.5) is 5.69 Å². The van der Waals surface area contributed by atoms with Gasteiger partial charge in [-0.2, -0.15) is 0 Å². The number of nitrogens with two attached hydrogens (primary N) is 1. The highest BCUT2D eigenvalue weighted by Gasteiger charge is 2.15. The summed E-state index contributed by atoms with van der Waals surface area (Å²) in [5.74, 6) is 0.241. The van der Waals surface area contributed by atoms with Gasteiger partial charge in [-0.15, -0.1) is 0 Å². The Labute approximate surface area is 110 Å². The van der Waals surface area contributed by atoms with Gasteiger partial charge in [-0.25, -0.2) is 4.98 Å². The van der Waals surface area contributed by atoms with Gasteiger partial charge in [0.05, 0.1) is 17.4 Å². The molecular weight excluding hydrogens is 282 g/mol. The molecule has 0 saturated heterocycles. The lowest BCUT2D eigenvalue weighted by atomic mass is 10.0. The maximum Gasteiger partial charge on any atom is 0.241 e. The summed E-state index contributed by atoms with van der Waals surface area (Å²) in [6.45, 7) is 5.92. The first-order chi connectivity index (χ1) is 7.90. The third-order valence-electron chi connectivity index (χ3n) is 2.37. The summed E-state index contributed by atoms with van der Waals surface area (Å²) < 4.78 is 0.750. The molecule has 0 aliphatic heterocycles. The van der Waals surface area contributed by atoms with Crippen molar-refractivity contribution in [2.75, 3.05) is 5.32 Å². The van der Waals surface area contributed by atoms with Crippen molar-refractivity contribution in [3.05, 3.63) is 22.4 Å². The van der Waals surface area contributed by atoms with Crippen LogP contribution in [0.2, 0.25) is 0 Å². The van der Waals surface area contributed by atoms with Crippen molar-refractivity contribution in [2.45, 2.75) is 33.2 Å². The fraction of sp³-hybridized carbons (Fsp3) is 0.500. The van der Waals surface area contributed by atoms with Crippen molar-refractivity contribution < 1.29 is 4.79 Å². The zero-order chi connectivity index (χ0) is 13.0. The molecule has 3 N–H and O–H groups in total. The van der Waals surface area contributed by atoms with Crippen molar-refractivity contribution in [2.24, 2.45) is 11.7 Å². The monoisotopic (exact) mass is 299 g/mol. The Morgan fingerprint density at radius 3 is 2.71 bits per heavy atom. The molecule has 5 heteroatoms. The Balaban J connectivity index is 2.67. The minimum Gasteiger partial charge on any atom is -0.323 e. The summed E-state index contributed by atoms with van der Waals surface area (Å²) in [7, 11) is 0. The fourth-order valence-corrected chi connectivity index (χ4v) is 1.90. The second-order valence-electron chi connectivity index (χ2n) is 4.49. The Kier molecular flexibility index (Phi) is 5.08. The van der Waals surface area contributed by atoms with E-state index in [1.807, 2.05) is 26.8 Å². The number of amides is 1. The van der Waals surface area contributed by atoms with Crippen LogP contribution in [0.15, 0.2) is 16.7 Å². The maximum absolute atomic E-state index is 11.8. The van der Waals surface area contributed by atoms with E-state index < -0.39 is 6.04 Å². The van der Waals surface area contributed by atoms with Gasteiger partial charge in [0.2, 0.25) is 5.91 Å². The zero-order valence-electron chi connectivity index (χ0n) is 10.3. The van der Waals surface area contributed by atoms with E-state index in [1.165, 1.54) is 0 Å². The van der Waals surface area contributed by atoms with Crippen LogP contribution >= 0.6 is 15.9 Å². The molecule has 0 bridgehead atoms. The average molecular weight is 300 g/mol. The largest absolute Gasteiger partial charge is 0.323 e. The van der Waals surface area contributed by atoms with E-state index in [4.69, 9.17) is 5.73 Å². The van der Waals surface area contributed by atoms with E-state index in [9.17, 15) is 4.79 Å². The van der Waals surface area contributed by atoms with Crippen molar-refractivity contribution in [3.63, 3.8) is 0 Å². The highest BCUT2D eigenvalue weighted by Crippen LogP contribution is 2.16. The zero-order valence-corrected chi connectivity index (χ0v) is 11.9. The summed E-state index contributed by atoms with van der Waals surface area (Å²) in [5.41, 5.74) is 7.28. The second-order valence-corrected chi connectivity index (χ2v) is 5.30. The molecule has 0 aliphatic carbocycles. The molecule has 1 aromatic rings.